The van der Waals surface area contributed by atoms with E-state index in [0.29, 0.717) is 40.8 Å². The minimum atomic E-state index is -0.181. The number of piperidine rings is 1. The Bertz CT molecular complexity index is 1200. The predicted octanol–water partition coefficient (Wildman–Crippen LogP) is 3.19. The van der Waals surface area contributed by atoms with Crippen LogP contribution < -0.4 is 25.2 Å². The highest BCUT2D eigenvalue weighted by Gasteiger charge is 2.27. The molecule has 32 heavy (non-hydrogen) atoms. The lowest BCUT2D eigenvalue weighted by atomic mass is 9.97. The molecule has 4 rings (SSSR count). The second-order valence-electron chi connectivity index (χ2n) is 7.61. The number of amides is 1. The maximum Gasteiger partial charge on any atom is 0.270 e. The molecule has 0 spiro atoms. The molecule has 0 saturated carbocycles. The average molecular weight is 455 g/mol. The van der Waals surface area contributed by atoms with Gasteiger partial charge in [-0.25, -0.2) is 4.98 Å². The lowest BCUT2D eigenvalue weighted by Gasteiger charge is -2.32. The van der Waals surface area contributed by atoms with Gasteiger partial charge in [-0.2, -0.15) is 0 Å². The first kappa shape index (κ1) is 21.9. The number of hydrogen-bond donors (Lipinski definition) is 2. The molecule has 0 aliphatic carbocycles. The Balaban J connectivity index is 1.69. The van der Waals surface area contributed by atoms with Gasteiger partial charge in [0.15, 0.2) is 11.5 Å². The van der Waals surface area contributed by atoms with Crippen LogP contribution in [0.2, 0.25) is 0 Å². The van der Waals surface area contributed by atoms with E-state index in [-0.39, 0.29) is 17.4 Å². The van der Waals surface area contributed by atoms with Crippen molar-refractivity contribution in [2.75, 3.05) is 38.8 Å². The molecule has 1 aromatic carbocycles. The number of benzene rings is 1. The Morgan fingerprint density at radius 3 is 2.94 bits per heavy atom. The van der Waals surface area contributed by atoms with Gasteiger partial charge in [-0.1, -0.05) is 12.1 Å². The molecule has 1 aliphatic rings. The first-order valence-electron chi connectivity index (χ1n) is 10.4. The fourth-order valence-electron chi connectivity index (χ4n) is 3.97. The number of nitrogens with zero attached hydrogens (tertiary/aromatic N) is 2. The van der Waals surface area contributed by atoms with E-state index in [1.807, 2.05) is 28.5 Å². The molecule has 0 radical (unpaired) electrons. The van der Waals surface area contributed by atoms with E-state index in [4.69, 9.17) is 14.5 Å². The summed E-state index contributed by atoms with van der Waals surface area (Å²) in [6.07, 6.45) is 3.32. The number of rotatable bonds is 7. The quantitative estimate of drug-likeness (QED) is 0.533. The zero-order valence-electron chi connectivity index (χ0n) is 18.1. The van der Waals surface area contributed by atoms with Crippen molar-refractivity contribution in [3.05, 3.63) is 46.6 Å². The first-order chi connectivity index (χ1) is 15.5. The first-order valence-corrected chi connectivity index (χ1v) is 11.3. The molecule has 1 aliphatic heterocycles. The van der Waals surface area contributed by atoms with Crippen molar-refractivity contribution in [2.24, 2.45) is 5.92 Å². The molecule has 168 valence electrons. The van der Waals surface area contributed by atoms with E-state index in [1.165, 1.54) is 11.3 Å². The molecule has 2 aromatic heterocycles. The minimum absolute atomic E-state index is 0.000393. The number of methoxy groups -OCH3 is 2. The van der Waals surface area contributed by atoms with Crippen LogP contribution in [-0.2, 0) is 4.79 Å². The fraction of sp³-hybridized carbons (Fsp3) is 0.348. The topological polar surface area (TPSA) is 96.6 Å². The molecule has 1 saturated heterocycles. The van der Waals surface area contributed by atoms with Crippen LogP contribution in [-0.4, -0.2) is 49.7 Å². The normalized spacial score (nSPS) is 16.1. The van der Waals surface area contributed by atoms with Gasteiger partial charge in [-0.05, 0) is 30.5 Å². The van der Waals surface area contributed by atoms with Crippen LogP contribution >= 0.6 is 11.3 Å². The molecule has 0 unspecified atom stereocenters. The van der Waals surface area contributed by atoms with Crippen LogP contribution in [0.4, 0.5) is 5.95 Å². The average Bonchev–Trinajstić information content (AvgIpc) is 3.26. The van der Waals surface area contributed by atoms with Crippen molar-refractivity contribution >= 4 is 33.4 Å². The zero-order chi connectivity index (χ0) is 22.7. The van der Waals surface area contributed by atoms with Crippen molar-refractivity contribution < 1.29 is 14.3 Å². The van der Waals surface area contributed by atoms with Gasteiger partial charge in [0.25, 0.3) is 5.56 Å². The lowest BCUT2D eigenvalue weighted by Crippen LogP contribution is -2.44. The third-order valence-electron chi connectivity index (χ3n) is 5.62. The summed E-state index contributed by atoms with van der Waals surface area (Å²) >= 11 is 1.36. The molecule has 3 aromatic rings. The SMILES string of the molecule is C=CCNC(=O)[C@@H]1CCCN(c2nc3c(-c4ccc(OC)c(OC)c4)csc3c(=O)[nH]2)C1. The molecule has 8 nitrogen and oxygen atoms in total. The number of anilines is 1. The number of aromatic nitrogens is 2. The highest BCUT2D eigenvalue weighted by molar-refractivity contribution is 7.17. The van der Waals surface area contributed by atoms with Gasteiger partial charge < -0.3 is 19.7 Å². The number of nitrogens with one attached hydrogen (secondary N) is 2. The number of fused-ring (bicyclic) bond motifs is 1. The number of ether oxygens (including phenoxy) is 2. The molecule has 1 fully saturated rings. The van der Waals surface area contributed by atoms with Gasteiger partial charge in [0.2, 0.25) is 11.9 Å². The van der Waals surface area contributed by atoms with Crippen LogP contribution in [0.25, 0.3) is 21.3 Å². The van der Waals surface area contributed by atoms with E-state index in [1.54, 1.807) is 20.3 Å². The summed E-state index contributed by atoms with van der Waals surface area (Å²) in [4.78, 5) is 34.9. The van der Waals surface area contributed by atoms with Crippen molar-refractivity contribution in [3.8, 4) is 22.6 Å². The Labute approximate surface area is 189 Å². The number of carbonyl (C=O) groups excluding carboxylic acids is 1. The van der Waals surface area contributed by atoms with Gasteiger partial charge in [0.05, 0.1) is 25.7 Å². The van der Waals surface area contributed by atoms with Crippen LogP contribution in [0.15, 0.2) is 41.0 Å². The van der Waals surface area contributed by atoms with Crippen LogP contribution in [0, 0.1) is 5.92 Å². The lowest BCUT2D eigenvalue weighted by molar-refractivity contribution is -0.125. The fourth-order valence-corrected chi connectivity index (χ4v) is 4.88. The van der Waals surface area contributed by atoms with Gasteiger partial charge in [-0.15, -0.1) is 17.9 Å². The second-order valence-corrected chi connectivity index (χ2v) is 8.49. The zero-order valence-corrected chi connectivity index (χ0v) is 19.0. The molecule has 9 heteroatoms. The third-order valence-corrected chi connectivity index (χ3v) is 6.59. The summed E-state index contributed by atoms with van der Waals surface area (Å²) in [5, 5.41) is 4.80. The predicted molar refractivity (Wildman–Crippen MR) is 127 cm³/mol. The smallest absolute Gasteiger partial charge is 0.270 e. The molecular weight excluding hydrogens is 428 g/mol. The van der Waals surface area contributed by atoms with Crippen LogP contribution in [0.5, 0.6) is 11.5 Å². The maximum absolute atomic E-state index is 12.8. The van der Waals surface area contributed by atoms with E-state index in [9.17, 15) is 9.59 Å². The van der Waals surface area contributed by atoms with Crippen molar-refractivity contribution in [1.82, 2.24) is 15.3 Å². The summed E-state index contributed by atoms with van der Waals surface area (Å²) in [5.74, 6) is 1.58. The Morgan fingerprint density at radius 1 is 1.38 bits per heavy atom. The molecule has 0 bridgehead atoms. The number of hydrogen-bond acceptors (Lipinski definition) is 7. The standard InChI is InChI=1S/C23H26N4O4S/c1-4-9-24-21(28)15-6-5-10-27(12-15)23-25-19-16(13-32-20(19)22(29)26-23)14-7-8-17(30-2)18(11-14)31-3/h4,7-8,11,13,15H,1,5-6,9-10,12H2,2-3H3,(H,24,28)(H,25,26,29)/t15-/m1/s1. The van der Waals surface area contributed by atoms with Gasteiger partial charge >= 0.3 is 0 Å². The Morgan fingerprint density at radius 2 is 2.19 bits per heavy atom. The molecule has 2 N–H and O–H groups in total. The summed E-state index contributed by atoms with van der Waals surface area (Å²) < 4.78 is 11.3. The number of thiophene rings is 1. The van der Waals surface area contributed by atoms with E-state index in [2.05, 4.69) is 16.9 Å². The van der Waals surface area contributed by atoms with E-state index >= 15 is 0 Å². The molecule has 1 atom stereocenters. The van der Waals surface area contributed by atoms with E-state index in [0.717, 1.165) is 30.5 Å². The van der Waals surface area contributed by atoms with Gasteiger partial charge in [0.1, 0.15) is 4.70 Å². The summed E-state index contributed by atoms with van der Waals surface area (Å²) in [6, 6.07) is 5.64. The largest absolute Gasteiger partial charge is 0.493 e. The number of aromatic amines is 1. The summed E-state index contributed by atoms with van der Waals surface area (Å²) in [7, 11) is 3.18. The monoisotopic (exact) mass is 454 g/mol. The summed E-state index contributed by atoms with van der Waals surface area (Å²) in [6.45, 7) is 5.32. The minimum Gasteiger partial charge on any atom is -0.493 e. The third kappa shape index (κ3) is 4.20. The van der Waals surface area contributed by atoms with E-state index < -0.39 is 0 Å². The van der Waals surface area contributed by atoms with Crippen molar-refractivity contribution in [1.29, 1.82) is 0 Å². The van der Waals surface area contributed by atoms with Crippen molar-refractivity contribution in [2.45, 2.75) is 12.8 Å². The molecule has 3 heterocycles. The maximum atomic E-state index is 12.8. The van der Waals surface area contributed by atoms with Crippen molar-refractivity contribution in [3.63, 3.8) is 0 Å². The Kier molecular flexibility index (Phi) is 6.45. The molecule has 1 amide bonds. The molecular formula is C23H26N4O4S. The number of H-pyrrole nitrogens is 1. The van der Waals surface area contributed by atoms with Gasteiger partial charge in [0, 0.05) is 30.6 Å². The highest BCUT2D eigenvalue weighted by atomic mass is 32.1. The highest BCUT2D eigenvalue weighted by Crippen LogP contribution is 2.37. The number of carbonyl (C=O) groups is 1. The van der Waals surface area contributed by atoms with Gasteiger partial charge in [-0.3, -0.25) is 14.6 Å². The Hall–Kier alpha value is -3.33. The summed E-state index contributed by atoms with van der Waals surface area (Å²) in [5.41, 5.74) is 2.20. The van der Waals surface area contributed by atoms with Crippen LogP contribution in [0.3, 0.4) is 0 Å². The second kappa shape index (κ2) is 9.44. The van der Waals surface area contributed by atoms with Crippen LogP contribution in [0.1, 0.15) is 12.8 Å².